The second-order valence-corrected chi connectivity index (χ2v) is 4.12. The molecule has 1 aromatic carbocycles. The van der Waals surface area contributed by atoms with Gasteiger partial charge in [-0.3, -0.25) is 0 Å². The molecule has 0 bridgehead atoms. The molecule has 3 rings (SSSR count). The van der Waals surface area contributed by atoms with Crippen LogP contribution in [0.4, 0.5) is 11.5 Å². The van der Waals surface area contributed by atoms with Crippen LogP contribution in [0.3, 0.4) is 0 Å². The number of azide groups is 1. The molecule has 0 saturated carbocycles. The maximum Gasteiger partial charge on any atom is 0.183 e. The Hall–Kier alpha value is -3.12. The van der Waals surface area contributed by atoms with Gasteiger partial charge < -0.3 is 10.7 Å². The van der Waals surface area contributed by atoms with Gasteiger partial charge in [0.15, 0.2) is 11.5 Å². The van der Waals surface area contributed by atoms with Gasteiger partial charge in [-0.1, -0.05) is 29.4 Å². The zero-order valence-electron chi connectivity index (χ0n) is 10.4. The van der Waals surface area contributed by atoms with Crippen molar-refractivity contribution < 1.29 is 0 Å². The van der Waals surface area contributed by atoms with E-state index < -0.39 is 0 Å². The third-order valence-corrected chi connectivity index (χ3v) is 2.85. The summed E-state index contributed by atoms with van der Waals surface area (Å²) in [7, 11) is 0. The predicted molar refractivity (Wildman–Crippen MR) is 74.2 cm³/mol. The van der Waals surface area contributed by atoms with Gasteiger partial charge in [0.25, 0.3) is 0 Å². The molecular formula is C12H10N8. The number of nitrogen functional groups attached to an aromatic ring is 1. The number of rotatable bonds is 3. The normalized spacial score (nSPS) is 10.4. The maximum absolute atomic E-state index is 8.56. The first-order valence-electron chi connectivity index (χ1n) is 5.86. The standard InChI is InChI=1S/C12H10N8/c13-11-10-12(16-6-15-10)18-9(17-11)5-7-3-1-2-4-8(7)19-20-14/h1-4,6H,5H2,(H3,13,15,16,17,18). The molecule has 0 aliphatic heterocycles. The fourth-order valence-corrected chi connectivity index (χ4v) is 1.96. The first-order chi connectivity index (χ1) is 9.78. The summed E-state index contributed by atoms with van der Waals surface area (Å²) in [6.07, 6.45) is 1.94. The topological polar surface area (TPSA) is 129 Å². The Balaban J connectivity index is 2.03. The number of anilines is 1. The summed E-state index contributed by atoms with van der Waals surface area (Å²) in [4.78, 5) is 18.3. The molecule has 0 aliphatic rings. The Labute approximate surface area is 113 Å². The van der Waals surface area contributed by atoms with Crippen molar-refractivity contribution in [1.82, 2.24) is 19.9 Å². The van der Waals surface area contributed by atoms with E-state index in [0.717, 1.165) is 5.56 Å². The number of aromatic nitrogens is 4. The van der Waals surface area contributed by atoms with E-state index in [2.05, 4.69) is 30.0 Å². The lowest BCUT2D eigenvalue weighted by molar-refractivity contribution is 0.990. The quantitative estimate of drug-likeness (QED) is 0.428. The average molecular weight is 266 g/mol. The minimum Gasteiger partial charge on any atom is -0.382 e. The molecule has 20 heavy (non-hydrogen) atoms. The van der Waals surface area contributed by atoms with Gasteiger partial charge in [0.2, 0.25) is 0 Å². The molecule has 2 heterocycles. The number of imidazole rings is 1. The number of nitrogens with one attached hydrogen (secondary N) is 1. The van der Waals surface area contributed by atoms with E-state index in [4.69, 9.17) is 11.3 Å². The molecule has 0 spiro atoms. The number of benzene rings is 1. The van der Waals surface area contributed by atoms with E-state index in [-0.39, 0.29) is 0 Å². The molecule has 0 saturated heterocycles. The van der Waals surface area contributed by atoms with E-state index in [1.54, 1.807) is 12.1 Å². The summed E-state index contributed by atoms with van der Waals surface area (Å²) >= 11 is 0. The molecule has 8 nitrogen and oxygen atoms in total. The van der Waals surface area contributed by atoms with Gasteiger partial charge in [0.05, 0.1) is 6.33 Å². The summed E-state index contributed by atoms with van der Waals surface area (Å²) in [5, 5.41) is 3.65. The third-order valence-electron chi connectivity index (χ3n) is 2.85. The van der Waals surface area contributed by atoms with Crippen molar-refractivity contribution in [3.05, 3.63) is 52.4 Å². The summed E-state index contributed by atoms with van der Waals surface area (Å²) in [6.45, 7) is 0. The predicted octanol–water partition coefficient (Wildman–Crippen LogP) is 2.47. The highest BCUT2D eigenvalue weighted by molar-refractivity contribution is 5.80. The number of aromatic amines is 1. The van der Waals surface area contributed by atoms with Crippen LogP contribution in [0.1, 0.15) is 11.4 Å². The molecule has 0 radical (unpaired) electrons. The van der Waals surface area contributed by atoms with Crippen LogP contribution < -0.4 is 5.73 Å². The molecule has 8 heteroatoms. The van der Waals surface area contributed by atoms with Crippen molar-refractivity contribution in [3.63, 3.8) is 0 Å². The van der Waals surface area contributed by atoms with Gasteiger partial charge >= 0.3 is 0 Å². The molecule has 0 amide bonds. The fourth-order valence-electron chi connectivity index (χ4n) is 1.96. The van der Waals surface area contributed by atoms with Crippen LogP contribution in [-0.4, -0.2) is 19.9 Å². The van der Waals surface area contributed by atoms with Crippen LogP contribution in [-0.2, 0) is 6.42 Å². The number of hydrogen-bond donors (Lipinski definition) is 2. The van der Waals surface area contributed by atoms with Crippen molar-refractivity contribution in [2.75, 3.05) is 5.73 Å². The van der Waals surface area contributed by atoms with Gasteiger partial charge in [-0.15, -0.1) is 0 Å². The van der Waals surface area contributed by atoms with Crippen LogP contribution in [0.5, 0.6) is 0 Å². The lowest BCUT2D eigenvalue weighted by atomic mass is 10.1. The molecule has 98 valence electrons. The van der Waals surface area contributed by atoms with Gasteiger partial charge in [-0.05, 0) is 11.1 Å². The molecule has 3 N–H and O–H groups in total. The zero-order valence-corrected chi connectivity index (χ0v) is 10.4. The minimum atomic E-state index is 0.351. The maximum atomic E-state index is 8.56. The van der Waals surface area contributed by atoms with Crippen LogP contribution >= 0.6 is 0 Å². The Morgan fingerprint density at radius 3 is 3.00 bits per heavy atom. The number of hydrogen-bond acceptors (Lipinski definition) is 5. The third kappa shape index (κ3) is 2.11. The Morgan fingerprint density at radius 2 is 2.15 bits per heavy atom. The molecule has 0 aliphatic carbocycles. The molecular weight excluding hydrogens is 256 g/mol. The molecule has 0 unspecified atom stereocenters. The lowest BCUT2D eigenvalue weighted by Crippen LogP contribution is -2.02. The van der Waals surface area contributed by atoms with Crippen molar-refractivity contribution in [3.8, 4) is 0 Å². The monoisotopic (exact) mass is 266 g/mol. The van der Waals surface area contributed by atoms with E-state index in [9.17, 15) is 0 Å². The number of H-pyrrole nitrogens is 1. The zero-order chi connectivity index (χ0) is 13.9. The molecule has 0 fully saturated rings. The number of fused-ring (bicyclic) bond motifs is 1. The van der Waals surface area contributed by atoms with Crippen molar-refractivity contribution in [1.29, 1.82) is 0 Å². The van der Waals surface area contributed by atoms with Crippen LogP contribution in [0, 0.1) is 0 Å². The second kappa shape index (κ2) is 4.87. The van der Waals surface area contributed by atoms with E-state index in [0.29, 0.717) is 34.9 Å². The Kier molecular flexibility index (Phi) is 2.91. The van der Waals surface area contributed by atoms with Crippen molar-refractivity contribution >= 4 is 22.7 Å². The van der Waals surface area contributed by atoms with E-state index >= 15 is 0 Å². The summed E-state index contributed by atoms with van der Waals surface area (Å²) in [6, 6.07) is 7.27. The highest BCUT2D eigenvalue weighted by Gasteiger charge is 2.09. The second-order valence-electron chi connectivity index (χ2n) is 4.12. The average Bonchev–Trinajstić information content (AvgIpc) is 2.90. The number of nitrogens with two attached hydrogens (primary N) is 1. The first-order valence-corrected chi connectivity index (χ1v) is 5.86. The van der Waals surface area contributed by atoms with Gasteiger partial charge in [0.1, 0.15) is 11.3 Å². The molecule has 0 atom stereocenters. The van der Waals surface area contributed by atoms with E-state index in [1.165, 1.54) is 6.33 Å². The Bertz CT molecular complexity index is 815. The van der Waals surface area contributed by atoms with Crippen LogP contribution in [0.25, 0.3) is 21.6 Å². The Morgan fingerprint density at radius 1 is 1.30 bits per heavy atom. The van der Waals surface area contributed by atoms with Crippen LogP contribution in [0.15, 0.2) is 35.7 Å². The minimum absolute atomic E-state index is 0.351. The summed E-state index contributed by atoms with van der Waals surface area (Å²) < 4.78 is 0. The summed E-state index contributed by atoms with van der Waals surface area (Å²) in [5.41, 5.74) is 16.9. The number of nitrogens with zero attached hydrogens (tertiary/aromatic N) is 6. The lowest BCUT2D eigenvalue weighted by Gasteiger charge is -2.05. The SMILES string of the molecule is [N-]=[N+]=Nc1ccccc1Cc1nc(N)c2[nH]cnc2n1. The van der Waals surface area contributed by atoms with Crippen LogP contribution in [0.2, 0.25) is 0 Å². The molecule has 3 aromatic rings. The van der Waals surface area contributed by atoms with Crippen molar-refractivity contribution in [2.45, 2.75) is 6.42 Å². The molecule has 2 aromatic heterocycles. The smallest absolute Gasteiger partial charge is 0.183 e. The highest BCUT2D eigenvalue weighted by Crippen LogP contribution is 2.22. The largest absolute Gasteiger partial charge is 0.382 e. The highest BCUT2D eigenvalue weighted by atomic mass is 15.1. The van der Waals surface area contributed by atoms with E-state index in [1.807, 2.05) is 12.1 Å². The first kappa shape index (κ1) is 11.9. The van der Waals surface area contributed by atoms with Crippen molar-refractivity contribution in [2.24, 2.45) is 5.11 Å². The summed E-state index contributed by atoms with van der Waals surface area (Å²) in [5.74, 6) is 0.881. The van der Waals surface area contributed by atoms with Gasteiger partial charge in [-0.25, -0.2) is 15.0 Å². The fraction of sp³-hybridized carbons (Fsp3) is 0.0833. The van der Waals surface area contributed by atoms with Gasteiger partial charge in [-0.2, -0.15) is 0 Å². The van der Waals surface area contributed by atoms with Gasteiger partial charge in [0, 0.05) is 17.0 Å².